The van der Waals surface area contributed by atoms with Crippen LogP contribution in [0.25, 0.3) is 0 Å². The highest BCUT2D eigenvalue weighted by atomic mass is 35.5. The number of carbonyl (C=O) groups is 2. The number of carbonyl (C=O) groups excluding carboxylic acids is 2. The van der Waals surface area contributed by atoms with Gasteiger partial charge in [-0.3, -0.25) is 9.59 Å². The lowest BCUT2D eigenvalue weighted by Crippen LogP contribution is -2.56. The number of rotatable bonds is 4. The van der Waals surface area contributed by atoms with Crippen molar-refractivity contribution in [1.29, 1.82) is 0 Å². The molecule has 0 N–H and O–H groups in total. The van der Waals surface area contributed by atoms with Crippen molar-refractivity contribution >= 4 is 41.0 Å². The molecular formula is C22H34ClN5O3S. The smallest absolute Gasteiger partial charge is 0.233 e. The number of ether oxygens (including phenoxy) is 1. The van der Waals surface area contributed by atoms with E-state index in [0.29, 0.717) is 43.0 Å². The Bertz CT molecular complexity index is 839. The Labute approximate surface area is 200 Å². The summed E-state index contributed by atoms with van der Waals surface area (Å²) >= 11 is 7.58. The van der Waals surface area contributed by atoms with Crippen LogP contribution in [0.15, 0.2) is 11.2 Å². The van der Waals surface area contributed by atoms with Crippen molar-refractivity contribution in [3.8, 4) is 0 Å². The van der Waals surface area contributed by atoms with Gasteiger partial charge in [-0.25, -0.2) is 9.97 Å². The largest absolute Gasteiger partial charge is 0.372 e. The summed E-state index contributed by atoms with van der Waals surface area (Å²) in [5.74, 6) is 1.18. The molecule has 3 atom stereocenters. The van der Waals surface area contributed by atoms with Crippen LogP contribution in [-0.2, 0) is 14.3 Å². The minimum atomic E-state index is -0.402. The summed E-state index contributed by atoms with van der Waals surface area (Å²) in [7, 11) is 0. The number of aromatic nitrogens is 2. The van der Waals surface area contributed by atoms with Gasteiger partial charge in [0.1, 0.15) is 11.0 Å². The third-order valence-electron chi connectivity index (χ3n) is 5.61. The molecule has 32 heavy (non-hydrogen) atoms. The van der Waals surface area contributed by atoms with E-state index in [2.05, 4.69) is 21.8 Å². The standard InChI is InChI=1S/C22H34ClN5O3S/c1-14-10-26(7-8-28(14)20(30)22(4,5)6)18-9-17(23)24-21(25-18)32-13-19(29)27-11-15(2)31-16(3)12-27/h9,14-16H,7-8,10-13H2,1-6H3. The lowest BCUT2D eigenvalue weighted by Gasteiger charge is -2.42. The van der Waals surface area contributed by atoms with Crippen LogP contribution in [0, 0.1) is 5.41 Å². The Morgan fingerprint density at radius 3 is 2.38 bits per heavy atom. The van der Waals surface area contributed by atoms with Crippen molar-refractivity contribution in [3.63, 3.8) is 0 Å². The second-order valence-corrected chi connectivity index (χ2v) is 11.0. The average molecular weight is 484 g/mol. The Morgan fingerprint density at radius 2 is 1.78 bits per heavy atom. The normalized spacial score (nSPS) is 24.6. The molecule has 3 heterocycles. The zero-order valence-corrected chi connectivity index (χ0v) is 21.4. The van der Waals surface area contributed by atoms with Crippen molar-refractivity contribution in [1.82, 2.24) is 19.8 Å². The molecule has 3 rings (SSSR count). The van der Waals surface area contributed by atoms with Gasteiger partial charge in [-0.1, -0.05) is 44.1 Å². The summed E-state index contributed by atoms with van der Waals surface area (Å²) in [6.45, 7) is 15.0. The zero-order chi connectivity index (χ0) is 23.6. The summed E-state index contributed by atoms with van der Waals surface area (Å²) in [5.41, 5.74) is -0.402. The van der Waals surface area contributed by atoms with Crippen molar-refractivity contribution in [2.45, 2.75) is 64.9 Å². The summed E-state index contributed by atoms with van der Waals surface area (Å²) in [6, 6.07) is 1.81. The maximum Gasteiger partial charge on any atom is 0.233 e. The van der Waals surface area contributed by atoms with Gasteiger partial charge < -0.3 is 19.4 Å². The van der Waals surface area contributed by atoms with Crippen LogP contribution in [0.2, 0.25) is 5.15 Å². The molecule has 2 amide bonds. The molecule has 0 radical (unpaired) electrons. The lowest BCUT2D eigenvalue weighted by atomic mass is 9.93. The maximum absolute atomic E-state index is 12.7. The highest BCUT2D eigenvalue weighted by molar-refractivity contribution is 7.99. The third-order valence-corrected chi connectivity index (χ3v) is 6.64. The molecule has 2 saturated heterocycles. The highest BCUT2D eigenvalue weighted by Gasteiger charge is 2.34. The molecule has 2 aliphatic rings. The molecule has 10 heteroatoms. The van der Waals surface area contributed by atoms with Crippen molar-refractivity contribution in [2.24, 2.45) is 5.41 Å². The quantitative estimate of drug-likeness (QED) is 0.370. The van der Waals surface area contributed by atoms with Gasteiger partial charge in [-0.2, -0.15) is 0 Å². The Kier molecular flexibility index (Phi) is 7.93. The van der Waals surface area contributed by atoms with Gasteiger partial charge in [0.15, 0.2) is 5.16 Å². The van der Waals surface area contributed by atoms with Gasteiger partial charge in [0.05, 0.1) is 18.0 Å². The molecule has 2 aliphatic heterocycles. The fourth-order valence-corrected chi connectivity index (χ4v) is 5.09. The molecule has 178 valence electrons. The minimum absolute atomic E-state index is 0.0348. The third kappa shape index (κ3) is 6.26. The summed E-state index contributed by atoms with van der Waals surface area (Å²) in [5, 5.41) is 0.829. The Hall–Kier alpha value is -1.58. The monoisotopic (exact) mass is 483 g/mol. The summed E-state index contributed by atoms with van der Waals surface area (Å²) in [6.07, 6.45) is 0.0695. The Morgan fingerprint density at radius 1 is 1.12 bits per heavy atom. The molecule has 0 saturated carbocycles. The van der Waals surface area contributed by atoms with Crippen LogP contribution in [-0.4, -0.2) is 88.3 Å². The molecule has 0 spiro atoms. The number of halogens is 1. The van der Waals surface area contributed by atoms with Gasteiger partial charge >= 0.3 is 0 Å². The van der Waals surface area contributed by atoms with Gasteiger partial charge in [0.2, 0.25) is 11.8 Å². The minimum Gasteiger partial charge on any atom is -0.372 e. The summed E-state index contributed by atoms with van der Waals surface area (Å²) in [4.78, 5) is 40.2. The topological polar surface area (TPSA) is 78.9 Å². The van der Waals surface area contributed by atoms with Crippen LogP contribution in [0.1, 0.15) is 41.5 Å². The second-order valence-electron chi connectivity index (χ2n) is 9.72. The maximum atomic E-state index is 12.7. The molecule has 1 aromatic rings. The SMILES string of the molecule is CC1CN(C(=O)CSc2nc(Cl)cc(N3CCN(C(=O)C(C)(C)C)C(C)C3)n2)CC(C)O1. The predicted molar refractivity (Wildman–Crippen MR) is 127 cm³/mol. The number of anilines is 1. The van der Waals surface area contributed by atoms with E-state index in [4.69, 9.17) is 16.3 Å². The van der Waals surface area contributed by atoms with E-state index in [1.54, 1.807) is 6.07 Å². The number of morpholine rings is 1. The molecule has 0 aliphatic carbocycles. The fourth-order valence-electron chi connectivity index (χ4n) is 4.11. The Balaban J connectivity index is 1.62. The number of piperazine rings is 1. The number of thioether (sulfide) groups is 1. The number of amides is 2. The molecule has 3 unspecified atom stereocenters. The predicted octanol–water partition coefficient (Wildman–Crippen LogP) is 2.94. The first kappa shape index (κ1) is 25.1. The number of hydrogen-bond donors (Lipinski definition) is 0. The first-order valence-corrected chi connectivity index (χ1v) is 12.5. The average Bonchev–Trinajstić information content (AvgIpc) is 2.69. The van der Waals surface area contributed by atoms with Gasteiger partial charge in [-0.15, -0.1) is 0 Å². The van der Waals surface area contributed by atoms with Crippen LogP contribution < -0.4 is 4.90 Å². The van der Waals surface area contributed by atoms with E-state index in [1.807, 2.05) is 44.4 Å². The zero-order valence-electron chi connectivity index (χ0n) is 19.8. The van der Waals surface area contributed by atoms with E-state index in [1.165, 1.54) is 11.8 Å². The van der Waals surface area contributed by atoms with Crippen LogP contribution in [0.4, 0.5) is 5.82 Å². The number of hydrogen-bond acceptors (Lipinski definition) is 7. The first-order valence-electron chi connectivity index (χ1n) is 11.1. The van der Waals surface area contributed by atoms with Crippen molar-refractivity contribution in [3.05, 3.63) is 11.2 Å². The highest BCUT2D eigenvalue weighted by Crippen LogP contribution is 2.26. The molecular weight excluding hydrogens is 450 g/mol. The van der Waals surface area contributed by atoms with Crippen molar-refractivity contribution < 1.29 is 14.3 Å². The lowest BCUT2D eigenvalue weighted by molar-refractivity contribution is -0.142. The van der Waals surface area contributed by atoms with Crippen LogP contribution in [0.3, 0.4) is 0 Å². The van der Waals surface area contributed by atoms with E-state index < -0.39 is 5.41 Å². The number of nitrogens with zero attached hydrogens (tertiary/aromatic N) is 5. The van der Waals surface area contributed by atoms with Gasteiger partial charge in [0.25, 0.3) is 0 Å². The molecule has 0 aromatic carbocycles. The van der Waals surface area contributed by atoms with Crippen LogP contribution in [0.5, 0.6) is 0 Å². The second kappa shape index (κ2) is 10.1. The van der Waals surface area contributed by atoms with E-state index in [0.717, 1.165) is 5.82 Å². The van der Waals surface area contributed by atoms with Crippen LogP contribution >= 0.6 is 23.4 Å². The molecule has 2 fully saturated rings. The fraction of sp³-hybridized carbons (Fsp3) is 0.727. The van der Waals surface area contributed by atoms with E-state index in [-0.39, 0.29) is 35.8 Å². The molecule has 8 nitrogen and oxygen atoms in total. The van der Waals surface area contributed by atoms with Gasteiger partial charge in [0, 0.05) is 50.2 Å². The van der Waals surface area contributed by atoms with E-state index >= 15 is 0 Å². The molecule has 1 aromatic heterocycles. The molecule has 0 bridgehead atoms. The summed E-state index contributed by atoms with van der Waals surface area (Å²) < 4.78 is 5.70. The van der Waals surface area contributed by atoms with Crippen molar-refractivity contribution in [2.75, 3.05) is 43.4 Å². The first-order chi connectivity index (χ1) is 14.9. The van der Waals surface area contributed by atoms with E-state index in [9.17, 15) is 9.59 Å². The van der Waals surface area contributed by atoms with Gasteiger partial charge in [-0.05, 0) is 20.8 Å².